The van der Waals surface area contributed by atoms with Gasteiger partial charge in [-0.1, -0.05) is 12.8 Å². The third kappa shape index (κ3) is 4.28. The molecule has 1 aromatic carbocycles. The molecule has 0 saturated heterocycles. The van der Waals surface area contributed by atoms with Crippen LogP contribution in [0.25, 0.3) is 22.3 Å². The molecule has 0 spiro atoms. The molecule has 0 amide bonds. The van der Waals surface area contributed by atoms with E-state index in [1.807, 2.05) is 10.6 Å². The SMILES string of the molecule is Cc1cc(F)c2c(C#N)c(-c3ccc(S(=O)(=O)N[C@@H](C)C(F)(F)F)cn3)n(C3CCCC3)c2c1. The predicted molar refractivity (Wildman–Crippen MR) is 118 cm³/mol. The van der Waals surface area contributed by atoms with E-state index >= 15 is 0 Å². The minimum atomic E-state index is -4.74. The molecule has 2 aromatic heterocycles. The lowest BCUT2D eigenvalue weighted by atomic mass is 10.1. The molecule has 1 fully saturated rings. The van der Waals surface area contributed by atoms with E-state index in [9.17, 15) is 31.2 Å². The molecule has 0 aliphatic heterocycles. The first-order valence-electron chi connectivity index (χ1n) is 10.7. The second-order valence-corrected chi connectivity index (χ2v) is 10.3. The summed E-state index contributed by atoms with van der Waals surface area (Å²) in [5, 5.41) is 10.1. The molecule has 3 aromatic rings. The number of rotatable bonds is 5. The average Bonchev–Trinajstić information content (AvgIpc) is 3.38. The van der Waals surface area contributed by atoms with Crippen LogP contribution in [0.2, 0.25) is 0 Å². The van der Waals surface area contributed by atoms with Crippen molar-refractivity contribution in [2.24, 2.45) is 0 Å². The van der Waals surface area contributed by atoms with Gasteiger partial charge in [0.1, 0.15) is 22.8 Å². The van der Waals surface area contributed by atoms with Crippen LogP contribution >= 0.6 is 0 Å². The second kappa shape index (κ2) is 8.67. The molecule has 1 N–H and O–H groups in total. The first kappa shape index (κ1) is 24.2. The third-order valence-corrected chi connectivity index (χ3v) is 7.64. The highest BCUT2D eigenvalue weighted by molar-refractivity contribution is 7.89. The van der Waals surface area contributed by atoms with Crippen LogP contribution < -0.4 is 4.72 Å². The van der Waals surface area contributed by atoms with Crippen molar-refractivity contribution in [2.45, 2.75) is 62.7 Å². The van der Waals surface area contributed by atoms with Crippen LogP contribution in [0, 0.1) is 24.1 Å². The largest absolute Gasteiger partial charge is 0.404 e. The van der Waals surface area contributed by atoms with Gasteiger partial charge in [0, 0.05) is 12.2 Å². The lowest BCUT2D eigenvalue weighted by molar-refractivity contribution is -0.147. The zero-order valence-corrected chi connectivity index (χ0v) is 19.3. The van der Waals surface area contributed by atoms with Gasteiger partial charge in [-0.15, -0.1) is 0 Å². The number of aryl methyl sites for hydroxylation is 1. The van der Waals surface area contributed by atoms with Gasteiger partial charge in [-0.2, -0.15) is 23.2 Å². The molecule has 34 heavy (non-hydrogen) atoms. The Morgan fingerprint density at radius 1 is 1.24 bits per heavy atom. The first-order valence-corrected chi connectivity index (χ1v) is 12.2. The van der Waals surface area contributed by atoms with Gasteiger partial charge in [-0.25, -0.2) is 12.8 Å². The zero-order chi connectivity index (χ0) is 24.8. The highest BCUT2D eigenvalue weighted by Crippen LogP contribution is 2.42. The van der Waals surface area contributed by atoms with Crippen molar-refractivity contribution in [3.05, 3.63) is 47.4 Å². The second-order valence-electron chi connectivity index (χ2n) is 8.55. The maximum absolute atomic E-state index is 15.0. The van der Waals surface area contributed by atoms with Crippen LogP contribution in [-0.4, -0.2) is 30.2 Å². The van der Waals surface area contributed by atoms with E-state index in [1.54, 1.807) is 11.6 Å². The van der Waals surface area contributed by atoms with Crippen molar-refractivity contribution >= 4 is 20.9 Å². The summed E-state index contributed by atoms with van der Waals surface area (Å²) in [7, 11) is -4.48. The smallest absolute Gasteiger partial charge is 0.335 e. The lowest BCUT2D eigenvalue weighted by Crippen LogP contribution is -2.42. The molecule has 0 bridgehead atoms. The van der Waals surface area contributed by atoms with Gasteiger partial charge in [0.25, 0.3) is 0 Å². The molecule has 6 nitrogen and oxygen atoms in total. The number of benzene rings is 1. The number of nitrogens with zero attached hydrogens (tertiary/aromatic N) is 3. The van der Waals surface area contributed by atoms with E-state index in [4.69, 9.17) is 0 Å². The Hall–Kier alpha value is -2.97. The number of sulfonamides is 1. The van der Waals surface area contributed by atoms with Crippen molar-refractivity contribution in [1.82, 2.24) is 14.3 Å². The van der Waals surface area contributed by atoms with Gasteiger partial charge in [0.05, 0.1) is 27.9 Å². The maximum atomic E-state index is 15.0. The highest BCUT2D eigenvalue weighted by Gasteiger charge is 2.39. The highest BCUT2D eigenvalue weighted by atomic mass is 32.2. The molecule has 180 valence electrons. The van der Waals surface area contributed by atoms with Crippen molar-refractivity contribution in [3.63, 3.8) is 0 Å². The van der Waals surface area contributed by atoms with E-state index in [2.05, 4.69) is 11.1 Å². The van der Waals surface area contributed by atoms with E-state index in [-0.39, 0.29) is 22.7 Å². The zero-order valence-electron chi connectivity index (χ0n) is 18.4. The molecule has 1 aliphatic carbocycles. The Morgan fingerprint density at radius 3 is 2.47 bits per heavy atom. The van der Waals surface area contributed by atoms with Crippen molar-refractivity contribution in [2.75, 3.05) is 0 Å². The third-order valence-electron chi connectivity index (χ3n) is 6.11. The molecule has 2 heterocycles. The molecule has 1 aliphatic rings. The van der Waals surface area contributed by atoms with Gasteiger partial charge >= 0.3 is 6.18 Å². The summed E-state index contributed by atoms with van der Waals surface area (Å²) >= 11 is 0. The summed E-state index contributed by atoms with van der Waals surface area (Å²) in [5.74, 6) is -0.533. The predicted octanol–water partition coefficient (Wildman–Crippen LogP) is 5.37. The average molecular weight is 495 g/mol. The fourth-order valence-electron chi connectivity index (χ4n) is 4.47. The molecule has 11 heteroatoms. The van der Waals surface area contributed by atoms with Crippen LogP contribution in [0.4, 0.5) is 17.6 Å². The van der Waals surface area contributed by atoms with Gasteiger partial charge in [-0.05, 0) is 56.5 Å². The van der Waals surface area contributed by atoms with Gasteiger partial charge in [0.15, 0.2) is 0 Å². The Labute approximate surface area is 194 Å². The standard InChI is InChI=1S/C23H22F4N4O2S/c1-13-9-18(24)21-17(11-28)22(31(20(21)10-13)15-5-3-4-6-15)19-8-7-16(12-29-19)34(32,33)30-14(2)23(25,26)27/h7-10,12,14-15,30H,3-6H2,1-2H3/t14-/m0/s1. The quantitative estimate of drug-likeness (QED) is 0.484. The monoisotopic (exact) mass is 494 g/mol. The maximum Gasteiger partial charge on any atom is 0.404 e. The molecular weight excluding hydrogens is 472 g/mol. The molecule has 0 radical (unpaired) electrons. The molecule has 0 unspecified atom stereocenters. The fraction of sp³-hybridized carbons (Fsp3) is 0.391. The molecule has 1 saturated carbocycles. The van der Waals surface area contributed by atoms with E-state index in [0.717, 1.165) is 37.9 Å². The summed E-state index contributed by atoms with van der Waals surface area (Å²) in [6.07, 6.45) is -0.167. The number of nitrogens with one attached hydrogen (secondary N) is 1. The summed E-state index contributed by atoms with van der Waals surface area (Å²) in [6.45, 7) is 2.46. The lowest BCUT2D eigenvalue weighted by Gasteiger charge is -2.19. The number of hydrogen-bond donors (Lipinski definition) is 1. The van der Waals surface area contributed by atoms with Crippen LogP contribution in [0.1, 0.15) is 49.8 Å². The van der Waals surface area contributed by atoms with Gasteiger partial charge in [-0.3, -0.25) is 4.98 Å². The Balaban J connectivity index is 1.85. The number of alkyl halides is 3. The number of hydrogen-bond acceptors (Lipinski definition) is 4. The Bertz CT molecular complexity index is 1380. The summed E-state index contributed by atoms with van der Waals surface area (Å²) in [6, 6.07) is 5.43. The minimum Gasteiger partial charge on any atom is -0.335 e. The van der Waals surface area contributed by atoms with Crippen LogP contribution in [-0.2, 0) is 10.0 Å². The van der Waals surface area contributed by atoms with Gasteiger partial charge in [0.2, 0.25) is 10.0 Å². The van der Waals surface area contributed by atoms with Crippen molar-refractivity contribution in [1.29, 1.82) is 5.26 Å². The van der Waals surface area contributed by atoms with Crippen LogP contribution in [0.5, 0.6) is 0 Å². The fourth-order valence-corrected chi connectivity index (χ4v) is 5.64. The van der Waals surface area contributed by atoms with Crippen molar-refractivity contribution in [3.8, 4) is 17.5 Å². The number of pyridine rings is 1. The van der Waals surface area contributed by atoms with Crippen LogP contribution in [0.3, 0.4) is 0 Å². The topological polar surface area (TPSA) is 87.8 Å². The summed E-state index contributed by atoms with van der Waals surface area (Å²) in [5.41, 5.74) is 1.95. The van der Waals surface area contributed by atoms with E-state index in [0.29, 0.717) is 23.7 Å². The Kier molecular flexibility index (Phi) is 6.16. The Morgan fingerprint density at radius 2 is 1.91 bits per heavy atom. The number of halogens is 4. The van der Waals surface area contributed by atoms with E-state index < -0.39 is 33.0 Å². The molecule has 1 atom stereocenters. The number of fused-ring (bicyclic) bond motifs is 1. The number of nitriles is 1. The first-order chi connectivity index (χ1) is 15.9. The summed E-state index contributed by atoms with van der Waals surface area (Å²) in [4.78, 5) is 3.73. The normalized spacial score (nSPS) is 16.1. The van der Waals surface area contributed by atoms with Crippen LogP contribution in [0.15, 0.2) is 35.4 Å². The number of aromatic nitrogens is 2. The molecular formula is C23H22F4N4O2S. The van der Waals surface area contributed by atoms with Gasteiger partial charge < -0.3 is 4.57 Å². The molecule has 4 rings (SSSR count). The van der Waals surface area contributed by atoms with Crippen molar-refractivity contribution < 1.29 is 26.0 Å². The van der Waals surface area contributed by atoms with E-state index in [1.165, 1.54) is 12.1 Å². The summed E-state index contributed by atoms with van der Waals surface area (Å²) < 4.78 is 81.7. The minimum absolute atomic E-state index is 0.0142.